The van der Waals surface area contributed by atoms with Crippen molar-refractivity contribution in [2.75, 3.05) is 5.32 Å². The fourth-order valence-corrected chi connectivity index (χ4v) is 4.73. The average Bonchev–Trinajstić information content (AvgIpc) is 3.61. The summed E-state index contributed by atoms with van der Waals surface area (Å²) >= 11 is 1.26. The number of benzene rings is 1. The average molecular weight is 565 g/mol. The minimum Gasteiger partial charge on any atom is -0.479 e. The number of nitrogens with zero attached hydrogens (tertiary/aromatic N) is 3. The Morgan fingerprint density at radius 2 is 1.97 bits per heavy atom. The molecule has 0 aliphatic heterocycles. The van der Waals surface area contributed by atoms with Gasteiger partial charge < -0.3 is 15.7 Å². The highest BCUT2D eigenvalue weighted by Crippen LogP contribution is 2.36. The number of thiazole rings is 1. The van der Waals surface area contributed by atoms with Crippen molar-refractivity contribution in [3.05, 3.63) is 62.9 Å². The minimum atomic E-state index is -5.09. The summed E-state index contributed by atoms with van der Waals surface area (Å²) in [7, 11) is 0. The van der Waals surface area contributed by atoms with Crippen LogP contribution in [0.3, 0.4) is 0 Å². The van der Waals surface area contributed by atoms with E-state index >= 15 is 0 Å². The van der Waals surface area contributed by atoms with Gasteiger partial charge in [-0.1, -0.05) is 29.5 Å². The third-order valence-corrected chi connectivity index (χ3v) is 6.73. The fourth-order valence-electron chi connectivity index (χ4n) is 3.22. The molecule has 11 nitrogen and oxygen atoms in total. The standard InChI is InChI=1S/C22H15F3N6O5S2/c23-22(24,25)17-16(19(34)28-13(20(35)36)9-26-18(33)14-5-2-6-37-14)38-21(30-17)29-15(32)7-10-3-1-4-12-11(10)8-27-31-12/h1-6,8-9,13H,7H2,(H,27,31)(H,28,34)(H,35,36)(H,29,30,32)/t13-/m0/s1. The van der Waals surface area contributed by atoms with Crippen molar-refractivity contribution in [2.24, 2.45) is 4.99 Å². The van der Waals surface area contributed by atoms with E-state index in [9.17, 15) is 37.5 Å². The third kappa shape index (κ3) is 6.09. The molecule has 0 saturated heterocycles. The first-order chi connectivity index (χ1) is 18.0. The van der Waals surface area contributed by atoms with Crippen LogP contribution in [0, 0.1) is 0 Å². The van der Waals surface area contributed by atoms with Crippen molar-refractivity contribution >= 4 is 68.6 Å². The molecule has 16 heteroatoms. The van der Waals surface area contributed by atoms with E-state index in [0.29, 0.717) is 22.7 Å². The molecule has 1 aromatic carbocycles. The quantitative estimate of drug-likeness (QED) is 0.238. The van der Waals surface area contributed by atoms with Crippen molar-refractivity contribution in [1.29, 1.82) is 0 Å². The molecule has 38 heavy (non-hydrogen) atoms. The van der Waals surface area contributed by atoms with Crippen LogP contribution in [-0.2, 0) is 22.2 Å². The lowest BCUT2D eigenvalue weighted by Gasteiger charge is -2.10. The third-order valence-electron chi connectivity index (χ3n) is 4.90. The van der Waals surface area contributed by atoms with E-state index in [1.807, 2.05) is 5.32 Å². The number of anilines is 1. The van der Waals surface area contributed by atoms with E-state index in [1.165, 1.54) is 12.3 Å². The molecule has 3 heterocycles. The lowest BCUT2D eigenvalue weighted by atomic mass is 10.1. The molecule has 196 valence electrons. The first kappa shape index (κ1) is 26.6. The molecular formula is C22H15F3N6O5S2. The first-order valence-corrected chi connectivity index (χ1v) is 12.2. The molecule has 3 amide bonds. The van der Waals surface area contributed by atoms with Crippen LogP contribution in [-0.4, -0.2) is 56.2 Å². The number of thiophene rings is 1. The molecule has 0 radical (unpaired) electrons. The van der Waals surface area contributed by atoms with E-state index in [4.69, 9.17) is 0 Å². The van der Waals surface area contributed by atoms with Gasteiger partial charge in [-0.15, -0.1) is 11.3 Å². The maximum Gasteiger partial charge on any atom is 0.435 e. The predicted octanol–water partition coefficient (Wildman–Crippen LogP) is 3.38. The molecule has 0 unspecified atom stereocenters. The van der Waals surface area contributed by atoms with Crippen LogP contribution in [0.15, 0.2) is 46.9 Å². The fraction of sp³-hybridized carbons (Fsp3) is 0.136. The zero-order valence-electron chi connectivity index (χ0n) is 18.8. The maximum absolute atomic E-state index is 13.6. The number of hydrogen-bond donors (Lipinski definition) is 4. The zero-order chi connectivity index (χ0) is 27.4. The molecular weight excluding hydrogens is 549 g/mol. The number of alkyl halides is 3. The van der Waals surface area contributed by atoms with Crippen LogP contribution in [0.25, 0.3) is 10.9 Å². The summed E-state index contributed by atoms with van der Waals surface area (Å²) in [5.41, 5.74) is -0.389. The van der Waals surface area contributed by atoms with Gasteiger partial charge in [0.1, 0.15) is 4.88 Å². The minimum absolute atomic E-state index is 0.197. The Bertz CT molecular complexity index is 1540. The van der Waals surface area contributed by atoms with Gasteiger partial charge in [0.2, 0.25) is 5.91 Å². The number of aromatic amines is 1. The Morgan fingerprint density at radius 3 is 2.66 bits per heavy atom. The molecule has 3 aromatic heterocycles. The second kappa shape index (κ2) is 10.9. The summed E-state index contributed by atoms with van der Waals surface area (Å²) in [6.45, 7) is 0. The van der Waals surface area contributed by atoms with Gasteiger partial charge in [0.15, 0.2) is 16.9 Å². The van der Waals surface area contributed by atoms with Crippen LogP contribution < -0.4 is 10.6 Å². The lowest BCUT2D eigenvalue weighted by molar-refractivity contribution is -0.141. The number of aliphatic carboxylic acids is 1. The number of carbonyl (C=O) groups is 4. The first-order valence-electron chi connectivity index (χ1n) is 10.5. The SMILES string of the molecule is O=C(Cc1cccc2[nH]ncc12)Nc1nc(C(F)(F)F)c(C(=O)N[C@@H](C=NC(=O)c2cccs2)C(=O)O)s1. The van der Waals surface area contributed by atoms with E-state index in [1.54, 1.807) is 29.6 Å². The molecule has 0 aliphatic rings. The van der Waals surface area contributed by atoms with Crippen LogP contribution in [0.2, 0.25) is 0 Å². The van der Waals surface area contributed by atoms with Crippen LogP contribution in [0.5, 0.6) is 0 Å². The topological polar surface area (TPSA) is 166 Å². The zero-order valence-corrected chi connectivity index (χ0v) is 20.4. The van der Waals surface area contributed by atoms with Gasteiger partial charge in [0.25, 0.3) is 11.8 Å². The highest BCUT2D eigenvalue weighted by atomic mass is 32.1. The number of aromatic nitrogens is 3. The smallest absolute Gasteiger partial charge is 0.435 e. The van der Waals surface area contributed by atoms with Crippen LogP contribution in [0.4, 0.5) is 18.3 Å². The Hall–Kier alpha value is -4.44. The van der Waals surface area contributed by atoms with Crippen molar-refractivity contribution < 1.29 is 37.5 Å². The van der Waals surface area contributed by atoms with E-state index < -0.39 is 51.6 Å². The van der Waals surface area contributed by atoms with Crippen molar-refractivity contribution in [2.45, 2.75) is 18.6 Å². The number of nitrogens with one attached hydrogen (secondary N) is 3. The number of H-pyrrole nitrogens is 1. The van der Waals surface area contributed by atoms with Crippen molar-refractivity contribution in [3.8, 4) is 0 Å². The summed E-state index contributed by atoms with van der Waals surface area (Å²) in [4.78, 5) is 54.7. The van der Waals surface area contributed by atoms with Gasteiger partial charge in [-0.2, -0.15) is 18.3 Å². The van der Waals surface area contributed by atoms with Gasteiger partial charge in [0, 0.05) is 11.6 Å². The van der Waals surface area contributed by atoms with Gasteiger partial charge in [-0.3, -0.25) is 19.5 Å². The number of carboxylic acids is 1. The van der Waals surface area contributed by atoms with Gasteiger partial charge in [0.05, 0.1) is 23.0 Å². The molecule has 0 bridgehead atoms. The molecule has 4 rings (SSSR count). The second-order valence-electron chi connectivity index (χ2n) is 7.52. The molecule has 1 atom stereocenters. The summed E-state index contributed by atoms with van der Waals surface area (Å²) < 4.78 is 40.8. The number of carboxylic acid groups (broad SMARTS) is 1. The Labute approximate surface area is 218 Å². The van der Waals surface area contributed by atoms with Crippen LogP contribution >= 0.6 is 22.7 Å². The highest BCUT2D eigenvalue weighted by Gasteiger charge is 2.40. The molecule has 0 saturated carbocycles. The number of aliphatic imine (C=N–C) groups is 1. The Balaban J connectivity index is 1.51. The molecule has 0 spiro atoms. The normalized spacial score (nSPS) is 12.5. The second-order valence-corrected chi connectivity index (χ2v) is 9.46. The molecule has 4 aromatic rings. The van der Waals surface area contributed by atoms with E-state index in [2.05, 4.69) is 25.5 Å². The number of fused-ring (bicyclic) bond motifs is 1. The van der Waals surface area contributed by atoms with E-state index in [0.717, 1.165) is 11.3 Å². The van der Waals surface area contributed by atoms with Crippen LogP contribution in [0.1, 0.15) is 30.6 Å². The monoisotopic (exact) mass is 564 g/mol. The number of halogens is 3. The van der Waals surface area contributed by atoms with Crippen molar-refractivity contribution in [1.82, 2.24) is 20.5 Å². The predicted molar refractivity (Wildman–Crippen MR) is 132 cm³/mol. The van der Waals surface area contributed by atoms with Gasteiger partial charge >= 0.3 is 12.1 Å². The molecule has 0 fully saturated rings. The number of carbonyl (C=O) groups excluding carboxylic acids is 3. The maximum atomic E-state index is 13.6. The largest absolute Gasteiger partial charge is 0.479 e. The summed E-state index contributed by atoms with van der Waals surface area (Å²) in [5, 5.41) is 21.8. The lowest BCUT2D eigenvalue weighted by Crippen LogP contribution is -2.42. The van der Waals surface area contributed by atoms with E-state index in [-0.39, 0.29) is 22.6 Å². The Kier molecular flexibility index (Phi) is 7.63. The summed E-state index contributed by atoms with van der Waals surface area (Å²) in [5.74, 6) is -4.58. The number of amides is 3. The van der Waals surface area contributed by atoms with Crippen molar-refractivity contribution in [3.63, 3.8) is 0 Å². The molecule has 0 aliphatic carbocycles. The summed E-state index contributed by atoms with van der Waals surface area (Å²) in [6, 6.07) is 6.15. The summed E-state index contributed by atoms with van der Waals surface area (Å²) in [6.07, 6.45) is -3.19. The van der Waals surface area contributed by atoms with Gasteiger partial charge in [-0.25, -0.2) is 14.8 Å². The highest BCUT2D eigenvalue weighted by molar-refractivity contribution is 7.17. The number of hydrogen-bond acceptors (Lipinski definition) is 8. The number of rotatable bonds is 8. The van der Waals surface area contributed by atoms with Gasteiger partial charge in [-0.05, 0) is 23.1 Å². The Morgan fingerprint density at radius 1 is 1.18 bits per heavy atom. The molecule has 4 N–H and O–H groups in total.